The van der Waals surface area contributed by atoms with Crippen LogP contribution in [-0.2, 0) is 0 Å². The highest BCUT2D eigenvalue weighted by molar-refractivity contribution is 6.31. The van der Waals surface area contributed by atoms with Crippen LogP contribution in [0.3, 0.4) is 0 Å². The first-order valence-electron chi connectivity index (χ1n) is 6.65. The molecule has 0 atom stereocenters. The fraction of sp³-hybridized carbons (Fsp3) is 0.231. The molecule has 5 N–H and O–H groups in total. The molecular formula is C13H15ClN6O3. The molecule has 9 nitrogen and oxygen atoms in total. The summed E-state index contributed by atoms with van der Waals surface area (Å²) in [6.07, 6.45) is 0. The highest BCUT2D eigenvalue weighted by Crippen LogP contribution is 2.22. The molecule has 1 heterocycles. The van der Waals surface area contributed by atoms with Gasteiger partial charge >= 0.3 is 6.03 Å². The number of urea groups is 1. The van der Waals surface area contributed by atoms with Crippen LogP contribution in [0.5, 0.6) is 0 Å². The van der Waals surface area contributed by atoms with Crippen molar-refractivity contribution >= 4 is 35.0 Å². The number of nitrogens with two attached hydrogens (primary N) is 1. The van der Waals surface area contributed by atoms with Crippen molar-refractivity contribution in [3.05, 3.63) is 34.5 Å². The quantitative estimate of drug-likeness (QED) is 0.604. The standard InChI is InChI=1S/C13H15ClN6O3/c1-7-8(14)3-2-4-9(7)18-13(22)17-6-5-16-12(21)10-11(15)20-23-19-10/h2-4H,5-6H2,1H3,(H2,15,20)(H,16,21)(H2,17,18,22). The molecular weight excluding hydrogens is 324 g/mol. The van der Waals surface area contributed by atoms with Crippen LogP contribution in [0.4, 0.5) is 16.3 Å². The van der Waals surface area contributed by atoms with Crippen molar-refractivity contribution in [2.75, 3.05) is 24.1 Å². The first-order valence-corrected chi connectivity index (χ1v) is 7.03. The number of hydrogen-bond acceptors (Lipinski definition) is 6. The van der Waals surface area contributed by atoms with Crippen molar-refractivity contribution < 1.29 is 14.2 Å². The number of halogens is 1. The van der Waals surface area contributed by atoms with Gasteiger partial charge in [0.05, 0.1) is 0 Å². The number of carbonyl (C=O) groups excluding carboxylic acids is 2. The molecule has 0 aliphatic heterocycles. The first kappa shape index (κ1) is 16.6. The summed E-state index contributed by atoms with van der Waals surface area (Å²) in [6.45, 7) is 2.20. The summed E-state index contributed by atoms with van der Waals surface area (Å²) in [5, 5.41) is 15.0. The summed E-state index contributed by atoms with van der Waals surface area (Å²) in [5.41, 5.74) is 6.68. The van der Waals surface area contributed by atoms with E-state index >= 15 is 0 Å². The second kappa shape index (κ2) is 7.45. The molecule has 10 heteroatoms. The van der Waals surface area contributed by atoms with Crippen molar-refractivity contribution in [2.45, 2.75) is 6.92 Å². The third-order valence-corrected chi connectivity index (χ3v) is 3.35. The lowest BCUT2D eigenvalue weighted by Gasteiger charge is -2.11. The number of nitrogens with zero attached hydrogens (tertiary/aromatic N) is 2. The summed E-state index contributed by atoms with van der Waals surface area (Å²) in [5.74, 6) is -0.624. The number of nitrogen functional groups attached to an aromatic ring is 1. The van der Waals surface area contributed by atoms with Crippen LogP contribution in [-0.4, -0.2) is 35.3 Å². The van der Waals surface area contributed by atoms with E-state index in [4.69, 9.17) is 17.3 Å². The van der Waals surface area contributed by atoms with Gasteiger partial charge in [0, 0.05) is 23.8 Å². The number of amides is 3. The van der Waals surface area contributed by atoms with Gasteiger partial charge in [0.1, 0.15) is 0 Å². The number of benzene rings is 1. The Kier molecular flexibility index (Phi) is 5.36. The summed E-state index contributed by atoms with van der Waals surface area (Å²) in [6, 6.07) is 4.80. The topological polar surface area (TPSA) is 135 Å². The van der Waals surface area contributed by atoms with Gasteiger partial charge in [-0.1, -0.05) is 17.7 Å². The van der Waals surface area contributed by atoms with Gasteiger partial charge in [-0.25, -0.2) is 9.42 Å². The number of aromatic nitrogens is 2. The van der Waals surface area contributed by atoms with E-state index in [0.717, 1.165) is 5.56 Å². The molecule has 0 saturated carbocycles. The van der Waals surface area contributed by atoms with Gasteiger partial charge in [-0.2, -0.15) is 0 Å². The lowest BCUT2D eigenvalue weighted by molar-refractivity contribution is 0.0944. The molecule has 122 valence electrons. The molecule has 3 amide bonds. The van der Waals surface area contributed by atoms with Gasteiger partial charge in [0.2, 0.25) is 11.5 Å². The minimum atomic E-state index is -0.531. The Labute approximate surface area is 136 Å². The van der Waals surface area contributed by atoms with Crippen LogP contribution in [0.15, 0.2) is 22.8 Å². The highest BCUT2D eigenvalue weighted by Gasteiger charge is 2.15. The maximum Gasteiger partial charge on any atom is 0.319 e. The van der Waals surface area contributed by atoms with Crippen LogP contribution >= 0.6 is 11.6 Å². The maximum absolute atomic E-state index is 11.8. The van der Waals surface area contributed by atoms with E-state index in [9.17, 15) is 9.59 Å². The van der Waals surface area contributed by atoms with Gasteiger partial charge in [-0.15, -0.1) is 0 Å². The van der Waals surface area contributed by atoms with Gasteiger partial charge in [-0.3, -0.25) is 4.79 Å². The molecule has 0 spiro atoms. The van der Waals surface area contributed by atoms with Crippen LogP contribution in [0.25, 0.3) is 0 Å². The molecule has 23 heavy (non-hydrogen) atoms. The molecule has 0 saturated heterocycles. The number of hydrogen-bond donors (Lipinski definition) is 4. The molecule has 0 aliphatic carbocycles. The van der Waals surface area contributed by atoms with Crippen LogP contribution < -0.4 is 21.7 Å². The van der Waals surface area contributed by atoms with Gasteiger partial charge in [0.15, 0.2) is 0 Å². The number of nitrogens with one attached hydrogen (secondary N) is 3. The minimum Gasteiger partial charge on any atom is -0.379 e. The lowest BCUT2D eigenvalue weighted by Crippen LogP contribution is -2.37. The third-order valence-electron chi connectivity index (χ3n) is 2.94. The zero-order valence-electron chi connectivity index (χ0n) is 12.2. The molecule has 1 aromatic carbocycles. The number of rotatable bonds is 5. The molecule has 1 aromatic heterocycles. The number of carbonyl (C=O) groups is 2. The van der Waals surface area contributed by atoms with E-state index < -0.39 is 11.9 Å². The van der Waals surface area contributed by atoms with E-state index in [0.29, 0.717) is 10.7 Å². The zero-order valence-corrected chi connectivity index (χ0v) is 13.0. The molecule has 2 rings (SSSR count). The Balaban J connectivity index is 1.74. The molecule has 0 bridgehead atoms. The number of anilines is 2. The Bertz CT molecular complexity index is 717. The second-order valence-electron chi connectivity index (χ2n) is 4.55. The molecule has 0 radical (unpaired) electrons. The molecule has 0 fully saturated rings. The predicted octanol–water partition coefficient (Wildman–Crippen LogP) is 1.17. The first-order chi connectivity index (χ1) is 11.0. The highest BCUT2D eigenvalue weighted by atomic mass is 35.5. The van der Waals surface area contributed by atoms with E-state index in [-0.39, 0.29) is 24.6 Å². The molecule has 2 aromatic rings. The van der Waals surface area contributed by atoms with Crippen LogP contribution in [0, 0.1) is 6.92 Å². The Morgan fingerprint density at radius 2 is 2.00 bits per heavy atom. The van der Waals surface area contributed by atoms with Crippen molar-refractivity contribution in [2.24, 2.45) is 0 Å². The van der Waals surface area contributed by atoms with Crippen molar-refractivity contribution in [3.63, 3.8) is 0 Å². The van der Waals surface area contributed by atoms with E-state index in [1.807, 2.05) is 0 Å². The fourth-order valence-corrected chi connectivity index (χ4v) is 1.87. The zero-order chi connectivity index (χ0) is 16.8. The Morgan fingerprint density at radius 1 is 1.26 bits per heavy atom. The summed E-state index contributed by atoms with van der Waals surface area (Å²) in [4.78, 5) is 23.4. The summed E-state index contributed by atoms with van der Waals surface area (Å²) in [7, 11) is 0. The third kappa shape index (κ3) is 4.33. The van der Waals surface area contributed by atoms with Crippen LogP contribution in [0.2, 0.25) is 5.02 Å². The average molecular weight is 339 g/mol. The summed E-state index contributed by atoms with van der Waals surface area (Å²) >= 11 is 5.97. The molecule has 0 aliphatic rings. The van der Waals surface area contributed by atoms with Crippen molar-refractivity contribution in [1.29, 1.82) is 0 Å². The summed E-state index contributed by atoms with van der Waals surface area (Å²) < 4.78 is 4.32. The van der Waals surface area contributed by atoms with Gasteiger partial charge in [-0.05, 0) is 34.9 Å². The largest absolute Gasteiger partial charge is 0.379 e. The van der Waals surface area contributed by atoms with E-state index in [1.54, 1.807) is 25.1 Å². The smallest absolute Gasteiger partial charge is 0.319 e. The van der Waals surface area contributed by atoms with E-state index in [1.165, 1.54) is 0 Å². The fourth-order valence-electron chi connectivity index (χ4n) is 1.70. The van der Waals surface area contributed by atoms with Crippen molar-refractivity contribution in [3.8, 4) is 0 Å². The predicted molar refractivity (Wildman–Crippen MR) is 84.3 cm³/mol. The minimum absolute atomic E-state index is 0.0929. The molecule has 0 unspecified atom stereocenters. The van der Waals surface area contributed by atoms with Gasteiger partial charge in [0.25, 0.3) is 5.91 Å². The monoisotopic (exact) mass is 338 g/mol. The maximum atomic E-state index is 11.8. The van der Waals surface area contributed by atoms with Crippen LogP contribution in [0.1, 0.15) is 16.1 Å². The van der Waals surface area contributed by atoms with E-state index in [2.05, 4.69) is 30.9 Å². The van der Waals surface area contributed by atoms with Gasteiger partial charge < -0.3 is 21.7 Å². The Hall–Kier alpha value is -2.81. The normalized spacial score (nSPS) is 10.2. The lowest BCUT2D eigenvalue weighted by atomic mass is 10.2. The SMILES string of the molecule is Cc1c(Cl)cccc1NC(=O)NCCNC(=O)c1nonc1N. The van der Waals surface area contributed by atoms with Crippen molar-refractivity contribution in [1.82, 2.24) is 20.9 Å². The second-order valence-corrected chi connectivity index (χ2v) is 4.95. The Morgan fingerprint density at radius 3 is 2.70 bits per heavy atom. The average Bonchev–Trinajstić information content (AvgIpc) is 2.94.